The van der Waals surface area contributed by atoms with Gasteiger partial charge in [-0.1, -0.05) is 0 Å². The van der Waals surface area contributed by atoms with E-state index in [4.69, 9.17) is 4.99 Å². The molecule has 116 valence electrons. The Morgan fingerprint density at radius 3 is 2.09 bits per heavy atom. The van der Waals surface area contributed by atoms with Gasteiger partial charge in [0.1, 0.15) is 0 Å². The molecule has 3 heteroatoms. The van der Waals surface area contributed by atoms with Gasteiger partial charge in [-0.25, -0.2) is 4.99 Å². The van der Waals surface area contributed by atoms with Crippen LogP contribution in [-0.4, -0.2) is 24.6 Å². The highest BCUT2D eigenvalue weighted by Gasteiger charge is 2.14. The predicted molar refractivity (Wildman–Crippen MR) is 94.4 cm³/mol. The van der Waals surface area contributed by atoms with Crippen LogP contribution in [0, 0.1) is 6.92 Å². The summed E-state index contributed by atoms with van der Waals surface area (Å²) in [6.07, 6.45) is 3.71. The van der Waals surface area contributed by atoms with Crippen LogP contribution in [-0.2, 0) is 4.79 Å². The third kappa shape index (κ3) is 3.35. The summed E-state index contributed by atoms with van der Waals surface area (Å²) in [6, 6.07) is 6.34. The molecule has 0 amide bonds. The normalized spacial score (nSPS) is 14.6. The monoisotopic (exact) mass is 296 g/mol. The molecule has 2 rings (SSSR count). The van der Waals surface area contributed by atoms with Gasteiger partial charge in [0.2, 0.25) is 0 Å². The molecule has 1 aromatic carbocycles. The first-order valence-electron chi connectivity index (χ1n) is 7.81. The topological polar surface area (TPSA) is 32.7 Å². The summed E-state index contributed by atoms with van der Waals surface area (Å²) >= 11 is 0. The minimum absolute atomic E-state index is 0.104. The fourth-order valence-corrected chi connectivity index (χ4v) is 2.68. The van der Waals surface area contributed by atoms with Crippen molar-refractivity contribution in [1.29, 1.82) is 0 Å². The Bertz CT molecular complexity index is 653. The maximum atomic E-state index is 11.8. The first kappa shape index (κ1) is 16.2. The minimum atomic E-state index is 0.104. The molecule has 0 spiro atoms. The molecular weight excluding hydrogens is 272 g/mol. The van der Waals surface area contributed by atoms with Gasteiger partial charge in [-0.2, -0.15) is 0 Å². The Morgan fingerprint density at radius 2 is 1.59 bits per heavy atom. The number of rotatable bonds is 4. The lowest BCUT2D eigenvalue weighted by Crippen LogP contribution is -2.21. The first-order chi connectivity index (χ1) is 10.5. The summed E-state index contributed by atoms with van der Waals surface area (Å²) in [6.45, 7) is 12.1. The fourth-order valence-electron chi connectivity index (χ4n) is 2.68. The quantitative estimate of drug-likeness (QED) is 0.772. The SMILES string of the molecule is CCN(CC)c1ccc(N=C2C=C(C)C(=O)C(C)=C2)c(C)c1. The van der Waals surface area contributed by atoms with Gasteiger partial charge in [-0.15, -0.1) is 0 Å². The number of carbonyl (C=O) groups is 1. The summed E-state index contributed by atoms with van der Waals surface area (Å²) in [5, 5.41) is 0. The molecule has 0 saturated carbocycles. The summed E-state index contributed by atoms with van der Waals surface area (Å²) in [5.74, 6) is 0.104. The lowest BCUT2D eigenvalue weighted by atomic mass is 9.98. The van der Waals surface area contributed by atoms with Crippen molar-refractivity contribution in [2.24, 2.45) is 4.99 Å². The van der Waals surface area contributed by atoms with Crippen LogP contribution in [0.3, 0.4) is 0 Å². The van der Waals surface area contributed by atoms with Crippen LogP contribution in [0.1, 0.15) is 33.3 Å². The van der Waals surface area contributed by atoms with Crippen molar-refractivity contribution in [1.82, 2.24) is 0 Å². The summed E-state index contributed by atoms with van der Waals surface area (Å²) < 4.78 is 0. The molecule has 1 aromatic rings. The zero-order valence-electron chi connectivity index (χ0n) is 14.1. The van der Waals surface area contributed by atoms with Crippen molar-refractivity contribution in [2.45, 2.75) is 34.6 Å². The number of benzene rings is 1. The molecule has 0 unspecified atom stereocenters. The molecule has 0 saturated heterocycles. The molecule has 0 bridgehead atoms. The van der Waals surface area contributed by atoms with Crippen LogP contribution in [0.2, 0.25) is 0 Å². The highest BCUT2D eigenvalue weighted by Crippen LogP contribution is 2.26. The number of anilines is 1. The van der Waals surface area contributed by atoms with Gasteiger partial charge in [-0.3, -0.25) is 4.79 Å². The van der Waals surface area contributed by atoms with E-state index in [2.05, 4.69) is 43.9 Å². The summed E-state index contributed by atoms with van der Waals surface area (Å²) in [5.41, 5.74) is 5.66. The molecular formula is C19H24N2O. The van der Waals surface area contributed by atoms with Crippen LogP contribution in [0.25, 0.3) is 0 Å². The van der Waals surface area contributed by atoms with Crippen LogP contribution >= 0.6 is 0 Å². The minimum Gasteiger partial charge on any atom is -0.372 e. The average Bonchev–Trinajstić information content (AvgIpc) is 2.48. The largest absolute Gasteiger partial charge is 0.372 e. The molecule has 0 radical (unpaired) electrons. The molecule has 0 aliphatic heterocycles. The smallest absolute Gasteiger partial charge is 0.184 e. The van der Waals surface area contributed by atoms with Gasteiger partial charge in [0.25, 0.3) is 0 Å². The Kier molecular flexibility index (Phi) is 4.96. The number of carbonyl (C=O) groups excluding carboxylic acids is 1. The number of hydrogen-bond donors (Lipinski definition) is 0. The Hall–Kier alpha value is -2.16. The van der Waals surface area contributed by atoms with Crippen molar-refractivity contribution < 1.29 is 4.79 Å². The zero-order chi connectivity index (χ0) is 16.3. The summed E-state index contributed by atoms with van der Waals surface area (Å²) in [7, 11) is 0. The maximum absolute atomic E-state index is 11.8. The molecule has 0 heterocycles. The molecule has 3 nitrogen and oxygen atoms in total. The van der Waals surface area contributed by atoms with Crippen LogP contribution in [0.5, 0.6) is 0 Å². The van der Waals surface area contributed by atoms with Gasteiger partial charge in [0, 0.05) is 18.8 Å². The van der Waals surface area contributed by atoms with Crippen LogP contribution < -0.4 is 4.90 Å². The number of nitrogens with zero attached hydrogens (tertiary/aromatic N) is 2. The van der Waals surface area contributed by atoms with Gasteiger partial charge < -0.3 is 4.90 Å². The second-order valence-corrected chi connectivity index (χ2v) is 5.66. The van der Waals surface area contributed by atoms with E-state index < -0.39 is 0 Å². The third-order valence-corrected chi connectivity index (χ3v) is 4.00. The van der Waals surface area contributed by atoms with Gasteiger partial charge >= 0.3 is 0 Å². The van der Waals surface area contributed by atoms with Crippen molar-refractivity contribution in [3.63, 3.8) is 0 Å². The Morgan fingerprint density at radius 1 is 1.00 bits per heavy atom. The van der Waals surface area contributed by atoms with E-state index in [1.807, 2.05) is 26.0 Å². The van der Waals surface area contributed by atoms with E-state index >= 15 is 0 Å². The first-order valence-corrected chi connectivity index (χ1v) is 7.81. The standard InChI is InChI=1S/C19H24N2O/c1-6-21(7-2)17-8-9-18(13(3)12-17)20-16-10-14(4)19(22)15(5)11-16/h8-12H,6-7H2,1-5H3. The number of Topliss-reactive ketones (excluding diaryl/α,β-unsaturated/α-hetero) is 1. The number of ketones is 1. The predicted octanol–water partition coefficient (Wildman–Crippen LogP) is 4.39. The van der Waals surface area contributed by atoms with Crippen molar-refractivity contribution in [3.8, 4) is 0 Å². The molecule has 1 aliphatic carbocycles. The van der Waals surface area contributed by atoms with Crippen molar-refractivity contribution in [2.75, 3.05) is 18.0 Å². The van der Waals surface area contributed by atoms with Gasteiger partial charge in [0.05, 0.1) is 11.4 Å². The van der Waals surface area contributed by atoms with E-state index in [1.165, 1.54) is 5.69 Å². The number of aryl methyl sites for hydroxylation is 1. The lowest BCUT2D eigenvalue weighted by Gasteiger charge is -2.21. The lowest BCUT2D eigenvalue weighted by molar-refractivity contribution is -0.112. The van der Waals surface area contributed by atoms with Crippen LogP contribution in [0.15, 0.2) is 46.5 Å². The van der Waals surface area contributed by atoms with Crippen LogP contribution in [0.4, 0.5) is 11.4 Å². The summed E-state index contributed by atoms with van der Waals surface area (Å²) in [4.78, 5) is 18.8. The van der Waals surface area contributed by atoms with E-state index in [-0.39, 0.29) is 5.78 Å². The number of aliphatic imine (C=N–C) groups is 1. The van der Waals surface area contributed by atoms with Gasteiger partial charge in [-0.05, 0) is 81.7 Å². The average molecular weight is 296 g/mol. The molecule has 0 aromatic heterocycles. The maximum Gasteiger partial charge on any atom is 0.184 e. The second-order valence-electron chi connectivity index (χ2n) is 5.66. The second kappa shape index (κ2) is 6.73. The van der Waals surface area contributed by atoms with Gasteiger partial charge in [0.15, 0.2) is 5.78 Å². The Balaban J connectivity index is 2.35. The van der Waals surface area contributed by atoms with E-state index in [1.54, 1.807) is 0 Å². The highest BCUT2D eigenvalue weighted by molar-refractivity contribution is 6.21. The Labute approximate surface area is 133 Å². The highest BCUT2D eigenvalue weighted by atomic mass is 16.1. The van der Waals surface area contributed by atoms with E-state index in [9.17, 15) is 4.79 Å². The molecule has 1 aliphatic rings. The molecule has 22 heavy (non-hydrogen) atoms. The molecule has 0 fully saturated rings. The zero-order valence-corrected chi connectivity index (χ0v) is 14.1. The third-order valence-electron chi connectivity index (χ3n) is 4.00. The van der Waals surface area contributed by atoms with Crippen molar-refractivity contribution in [3.05, 3.63) is 47.1 Å². The fraction of sp³-hybridized carbons (Fsp3) is 0.368. The van der Waals surface area contributed by atoms with E-state index in [0.29, 0.717) is 0 Å². The molecule has 0 atom stereocenters. The molecule has 0 N–H and O–H groups in total. The number of hydrogen-bond acceptors (Lipinski definition) is 3. The number of allylic oxidation sites excluding steroid dienone is 4. The van der Waals surface area contributed by atoms with Crippen molar-refractivity contribution >= 4 is 22.9 Å². The van der Waals surface area contributed by atoms with E-state index in [0.717, 1.165) is 41.2 Å².